The van der Waals surface area contributed by atoms with E-state index in [2.05, 4.69) is 4.98 Å². The molecule has 1 unspecified atom stereocenters. The number of fused-ring (bicyclic) bond motifs is 1. The van der Waals surface area contributed by atoms with E-state index in [-0.39, 0.29) is 11.9 Å². The molecular weight excluding hydrogens is 406 g/mol. The van der Waals surface area contributed by atoms with Crippen LogP contribution in [0.2, 0.25) is 10.0 Å². The van der Waals surface area contributed by atoms with Crippen LogP contribution in [0.15, 0.2) is 60.5 Å². The van der Waals surface area contributed by atoms with Crippen LogP contribution >= 0.6 is 34.5 Å². The lowest BCUT2D eigenvalue weighted by Gasteiger charge is -2.20. The molecule has 1 atom stereocenters. The van der Waals surface area contributed by atoms with Crippen LogP contribution in [0.1, 0.15) is 17.2 Å². The largest absolute Gasteiger partial charge is 0.367 e. The molecule has 0 aliphatic heterocycles. The van der Waals surface area contributed by atoms with Gasteiger partial charge in [-0.15, -0.1) is 11.3 Å². The highest BCUT2D eigenvalue weighted by atomic mass is 35.5. The quantitative estimate of drug-likeness (QED) is 0.355. The molecule has 4 aromatic rings. The van der Waals surface area contributed by atoms with E-state index < -0.39 is 0 Å². The molecule has 4 rings (SSSR count). The molecule has 27 heavy (non-hydrogen) atoms. The number of imidazole rings is 1. The Morgan fingerprint density at radius 1 is 1.22 bits per heavy atom. The zero-order chi connectivity index (χ0) is 18.8. The Morgan fingerprint density at radius 2 is 2.11 bits per heavy atom. The third-order valence-corrected chi connectivity index (χ3v) is 5.93. The first-order valence-corrected chi connectivity index (χ1v) is 9.92. The first-order valence-electron chi connectivity index (χ1n) is 8.28. The van der Waals surface area contributed by atoms with Crippen molar-refractivity contribution in [2.45, 2.75) is 19.3 Å². The van der Waals surface area contributed by atoms with Gasteiger partial charge in [0.25, 0.3) is 0 Å². The molecule has 0 N–H and O–H groups in total. The van der Waals surface area contributed by atoms with E-state index in [1.807, 2.05) is 28.3 Å². The lowest BCUT2D eigenvalue weighted by atomic mass is 10.1. The van der Waals surface area contributed by atoms with Gasteiger partial charge in [0.15, 0.2) is 0 Å². The summed E-state index contributed by atoms with van der Waals surface area (Å²) >= 11 is 13.8. The van der Waals surface area contributed by atoms with E-state index in [9.17, 15) is 4.39 Å². The monoisotopic (exact) mass is 420 g/mol. The highest BCUT2D eigenvalue weighted by molar-refractivity contribution is 7.17. The average molecular weight is 421 g/mol. The minimum atomic E-state index is -0.299. The van der Waals surface area contributed by atoms with E-state index in [1.165, 1.54) is 17.4 Å². The van der Waals surface area contributed by atoms with Gasteiger partial charge in [-0.2, -0.15) is 0 Å². The Labute approximate surface area is 169 Å². The third kappa shape index (κ3) is 4.01. The number of rotatable bonds is 6. The van der Waals surface area contributed by atoms with Gasteiger partial charge >= 0.3 is 0 Å². The Balaban J connectivity index is 1.61. The number of ether oxygens (including phenoxy) is 1. The predicted octanol–water partition coefficient (Wildman–Crippen LogP) is 6.50. The molecule has 2 heterocycles. The lowest BCUT2D eigenvalue weighted by molar-refractivity contribution is 0.0288. The number of nitrogens with zero attached hydrogens (tertiary/aromatic N) is 2. The number of halogens is 3. The van der Waals surface area contributed by atoms with Crippen molar-refractivity contribution in [3.05, 3.63) is 87.5 Å². The summed E-state index contributed by atoms with van der Waals surface area (Å²) in [5.74, 6) is -0.209. The van der Waals surface area contributed by atoms with Crippen LogP contribution in [0.4, 0.5) is 4.39 Å². The summed E-state index contributed by atoms with van der Waals surface area (Å²) < 4.78 is 22.7. The molecule has 2 aromatic heterocycles. The molecule has 0 aliphatic rings. The van der Waals surface area contributed by atoms with Gasteiger partial charge in [-0.25, -0.2) is 9.37 Å². The van der Waals surface area contributed by atoms with Crippen molar-refractivity contribution in [2.24, 2.45) is 0 Å². The molecule has 0 spiro atoms. The fourth-order valence-electron chi connectivity index (χ4n) is 2.97. The maximum Gasteiger partial charge on any atom is 0.140 e. The second-order valence-corrected chi connectivity index (χ2v) is 7.83. The molecule has 0 aliphatic carbocycles. The van der Waals surface area contributed by atoms with E-state index in [0.717, 1.165) is 16.5 Å². The van der Waals surface area contributed by atoms with Crippen LogP contribution in [-0.2, 0) is 17.9 Å². The summed E-state index contributed by atoms with van der Waals surface area (Å²) in [4.78, 5) is 4.08. The highest BCUT2D eigenvalue weighted by Gasteiger charge is 2.18. The van der Waals surface area contributed by atoms with Crippen molar-refractivity contribution < 1.29 is 9.13 Å². The van der Waals surface area contributed by atoms with Gasteiger partial charge in [-0.3, -0.25) is 0 Å². The maximum atomic E-state index is 13.9. The summed E-state index contributed by atoms with van der Waals surface area (Å²) in [6.45, 7) is 0.902. The van der Waals surface area contributed by atoms with Crippen molar-refractivity contribution >= 4 is 44.6 Å². The van der Waals surface area contributed by atoms with Crippen molar-refractivity contribution in [1.82, 2.24) is 9.55 Å². The Bertz CT molecular complexity index is 1070. The van der Waals surface area contributed by atoms with Crippen LogP contribution in [-0.4, -0.2) is 9.55 Å². The first-order chi connectivity index (χ1) is 13.1. The summed E-state index contributed by atoms with van der Waals surface area (Å²) in [5, 5.41) is 3.94. The van der Waals surface area contributed by atoms with Crippen LogP contribution in [0, 0.1) is 5.82 Å². The molecule has 0 saturated carbocycles. The van der Waals surface area contributed by atoms with Crippen molar-refractivity contribution in [3.8, 4) is 0 Å². The van der Waals surface area contributed by atoms with Gasteiger partial charge < -0.3 is 9.30 Å². The summed E-state index contributed by atoms with van der Waals surface area (Å²) in [6.07, 6.45) is 5.02. The minimum absolute atomic E-state index is 0.209. The van der Waals surface area contributed by atoms with Gasteiger partial charge in [-0.05, 0) is 29.1 Å². The molecule has 2 aromatic carbocycles. The number of benzene rings is 2. The van der Waals surface area contributed by atoms with Gasteiger partial charge in [-0.1, -0.05) is 41.4 Å². The average Bonchev–Trinajstić information content (AvgIpc) is 3.29. The van der Waals surface area contributed by atoms with Crippen LogP contribution < -0.4 is 0 Å². The van der Waals surface area contributed by atoms with Crippen LogP contribution in [0.5, 0.6) is 0 Å². The van der Waals surface area contributed by atoms with E-state index >= 15 is 0 Å². The van der Waals surface area contributed by atoms with Crippen molar-refractivity contribution in [1.29, 1.82) is 0 Å². The zero-order valence-electron chi connectivity index (χ0n) is 14.1. The van der Waals surface area contributed by atoms with Gasteiger partial charge in [0, 0.05) is 33.4 Å². The molecule has 3 nitrogen and oxygen atoms in total. The van der Waals surface area contributed by atoms with Crippen molar-refractivity contribution in [3.63, 3.8) is 0 Å². The SMILES string of the molecule is Fc1cccc2c(COC(Cn3ccnc3)c3ccc(Cl)cc3Cl)csc12. The zero-order valence-corrected chi connectivity index (χ0v) is 16.4. The minimum Gasteiger partial charge on any atom is -0.367 e. The lowest BCUT2D eigenvalue weighted by Crippen LogP contribution is -2.12. The van der Waals surface area contributed by atoms with Gasteiger partial charge in [0.1, 0.15) is 11.9 Å². The second-order valence-electron chi connectivity index (χ2n) is 6.10. The number of aromatic nitrogens is 2. The third-order valence-electron chi connectivity index (χ3n) is 4.32. The number of hydrogen-bond acceptors (Lipinski definition) is 3. The fraction of sp³-hybridized carbons (Fsp3) is 0.150. The summed E-state index contributed by atoms with van der Waals surface area (Å²) in [5.41, 5.74) is 1.80. The van der Waals surface area contributed by atoms with Gasteiger partial charge in [0.2, 0.25) is 0 Å². The van der Waals surface area contributed by atoms with E-state index in [1.54, 1.807) is 30.7 Å². The molecule has 7 heteroatoms. The summed E-state index contributed by atoms with van der Waals surface area (Å²) in [6, 6.07) is 10.5. The smallest absolute Gasteiger partial charge is 0.140 e. The Hall–Kier alpha value is -1.92. The predicted molar refractivity (Wildman–Crippen MR) is 108 cm³/mol. The Morgan fingerprint density at radius 3 is 2.89 bits per heavy atom. The molecule has 138 valence electrons. The maximum absolute atomic E-state index is 13.9. The topological polar surface area (TPSA) is 27.1 Å². The van der Waals surface area contributed by atoms with E-state index in [0.29, 0.717) is 27.9 Å². The van der Waals surface area contributed by atoms with Crippen LogP contribution in [0.3, 0.4) is 0 Å². The molecular formula is C20H15Cl2FN2OS. The molecule has 0 saturated heterocycles. The molecule has 0 fully saturated rings. The normalized spacial score (nSPS) is 12.6. The number of thiophene rings is 1. The fourth-order valence-corrected chi connectivity index (χ4v) is 4.46. The molecule has 0 radical (unpaired) electrons. The number of hydrogen-bond donors (Lipinski definition) is 0. The first kappa shape index (κ1) is 18.4. The van der Waals surface area contributed by atoms with E-state index in [4.69, 9.17) is 27.9 Å². The van der Waals surface area contributed by atoms with Crippen molar-refractivity contribution in [2.75, 3.05) is 0 Å². The van der Waals surface area contributed by atoms with Crippen LogP contribution in [0.25, 0.3) is 10.1 Å². The summed E-state index contributed by atoms with van der Waals surface area (Å²) in [7, 11) is 0. The Kier molecular flexibility index (Phi) is 5.45. The second kappa shape index (κ2) is 7.98. The highest BCUT2D eigenvalue weighted by Crippen LogP contribution is 2.33. The standard InChI is InChI=1S/C20H15Cl2FN2OS/c21-14-4-5-16(17(22)8-14)19(9-25-7-6-24-12-25)26-10-13-11-27-20-15(13)2-1-3-18(20)23/h1-8,11-12,19H,9-10H2. The van der Waals surface area contributed by atoms with Gasteiger partial charge in [0.05, 0.1) is 24.2 Å². The molecule has 0 bridgehead atoms. The molecule has 0 amide bonds.